The van der Waals surface area contributed by atoms with Gasteiger partial charge in [-0.25, -0.2) is 4.98 Å². The van der Waals surface area contributed by atoms with Gasteiger partial charge >= 0.3 is 0 Å². The average molecular weight is 452 g/mol. The van der Waals surface area contributed by atoms with E-state index >= 15 is 0 Å². The Hall–Kier alpha value is -2.97. The van der Waals surface area contributed by atoms with E-state index in [2.05, 4.69) is 27.5 Å². The van der Waals surface area contributed by atoms with Gasteiger partial charge in [0.05, 0.1) is 28.1 Å². The van der Waals surface area contributed by atoms with Crippen molar-refractivity contribution in [1.82, 2.24) is 15.3 Å². The molecule has 2 heterocycles. The van der Waals surface area contributed by atoms with E-state index in [9.17, 15) is 5.11 Å². The molecule has 32 heavy (non-hydrogen) atoms. The molecule has 2 atom stereocenters. The van der Waals surface area contributed by atoms with E-state index in [1.165, 1.54) is 6.21 Å². The standard InChI is InChI=1S/C24H29N5O2S/c1-2-10-26-15-16(14-25)21-12-18(9-11-27-21)31-17-7-8-20-23(13-17)32-24(29-20)28-19-5-3-4-6-22(19)30/h7-9,11-15,19,22,25-26,30H,2-6,10H2,1H3,(H,28,29)/b16-15+,25-14?/t19-,22?/m1/s1. The zero-order valence-electron chi connectivity index (χ0n) is 18.2. The van der Waals surface area contributed by atoms with Gasteiger partial charge in [0.25, 0.3) is 0 Å². The predicted octanol–water partition coefficient (Wildman–Crippen LogP) is 5.19. The number of nitrogens with zero attached hydrogens (tertiary/aromatic N) is 2. The third-order valence-electron chi connectivity index (χ3n) is 5.47. The Balaban J connectivity index is 1.48. The number of aliphatic hydroxyl groups excluding tert-OH is 1. The number of hydrogen-bond acceptors (Lipinski definition) is 8. The molecule has 1 saturated carbocycles. The van der Waals surface area contributed by atoms with Crippen molar-refractivity contribution in [1.29, 1.82) is 5.41 Å². The molecule has 1 aliphatic rings. The van der Waals surface area contributed by atoms with Gasteiger partial charge in [-0.05, 0) is 37.5 Å². The number of rotatable bonds is 9. The second kappa shape index (κ2) is 10.6. The summed E-state index contributed by atoms with van der Waals surface area (Å²) in [6.45, 7) is 2.94. The van der Waals surface area contributed by atoms with Gasteiger partial charge in [-0.1, -0.05) is 31.1 Å². The molecule has 0 radical (unpaired) electrons. The summed E-state index contributed by atoms with van der Waals surface area (Å²) in [6, 6.07) is 9.53. The van der Waals surface area contributed by atoms with E-state index in [0.717, 1.165) is 54.0 Å². The van der Waals surface area contributed by atoms with Crippen molar-refractivity contribution in [2.75, 3.05) is 11.9 Å². The van der Waals surface area contributed by atoms with Crippen molar-refractivity contribution < 1.29 is 9.84 Å². The molecule has 0 amide bonds. The quantitative estimate of drug-likeness (QED) is 0.264. The van der Waals surface area contributed by atoms with Gasteiger partial charge in [0.1, 0.15) is 11.5 Å². The zero-order valence-corrected chi connectivity index (χ0v) is 19.0. The maximum absolute atomic E-state index is 10.2. The molecule has 8 heteroatoms. The molecule has 4 N–H and O–H groups in total. The lowest BCUT2D eigenvalue weighted by molar-refractivity contribution is 0.116. The lowest BCUT2D eigenvalue weighted by Crippen LogP contribution is -2.36. The minimum Gasteiger partial charge on any atom is -0.457 e. The maximum Gasteiger partial charge on any atom is 0.184 e. The molecular weight excluding hydrogens is 422 g/mol. The van der Waals surface area contributed by atoms with Gasteiger partial charge in [-0.2, -0.15) is 0 Å². The van der Waals surface area contributed by atoms with Crippen LogP contribution in [0.5, 0.6) is 11.5 Å². The zero-order chi connectivity index (χ0) is 22.3. The highest BCUT2D eigenvalue weighted by Crippen LogP contribution is 2.33. The Morgan fingerprint density at radius 2 is 2.09 bits per heavy atom. The predicted molar refractivity (Wildman–Crippen MR) is 131 cm³/mol. The van der Waals surface area contributed by atoms with Gasteiger partial charge in [0.15, 0.2) is 5.13 Å². The van der Waals surface area contributed by atoms with E-state index in [0.29, 0.717) is 22.8 Å². The molecule has 3 aromatic rings. The van der Waals surface area contributed by atoms with E-state index in [1.807, 2.05) is 30.5 Å². The van der Waals surface area contributed by atoms with Gasteiger partial charge in [-0.3, -0.25) is 4.98 Å². The van der Waals surface area contributed by atoms with Crippen LogP contribution in [-0.2, 0) is 0 Å². The van der Waals surface area contributed by atoms with Crippen molar-refractivity contribution in [3.05, 3.63) is 48.4 Å². The molecule has 1 aliphatic carbocycles. The molecule has 7 nitrogen and oxygen atoms in total. The topological polar surface area (TPSA) is 103 Å². The number of aromatic nitrogens is 2. The number of ether oxygens (including phenoxy) is 1. The number of aliphatic hydroxyl groups is 1. The Morgan fingerprint density at radius 1 is 1.25 bits per heavy atom. The summed E-state index contributed by atoms with van der Waals surface area (Å²) >= 11 is 1.57. The molecule has 168 valence electrons. The van der Waals surface area contributed by atoms with Crippen molar-refractivity contribution >= 4 is 38.5 Å². The molecule has 0 bridgehead atoms. The van der Waals surface area contributed by atoms with Crippen LogP contribution in [-0.4, -0.2) is 40.0 Å². The summed E-state index contributed by atoms with van der Waals surface area (Å²) in [7, 11) is 0. The normalized spacial score (nSPS) is 19.0. The summed E-state index contributed by atoms with van der Waals surface area (Å²) in [6.07, 6.45) is 9.51. The van der Waals surface area contributed by atoms with E-state index in [-0.39, 0.29) is 12.1 Å². The summed E-state index contributed by atoms with van der Waals surface area (Å²) < 4.78 is 7.10. The van der Waals surface area contributed by atoms with Crippen molar-refractivity contribution in [3.63, 3.8) is 0 Å². The highest BCUT2D eigenvalue weighted by atomic mass is 32.1. The van der Waals surface area contributed by atoms with Crippen LogP contribution < -0.4 is 15.4 Å². The van der Waals surface area contributed by atoms with Crippen LogP contribution in [0.1, 0.15) is 44.7 Å². The molecule has 1 unspecified atom stereocenters. The minimum atomic E-state index is -0.312. The van der Waals surface area contributed by atoms with Crippen LogP contribution in [0.25, 0.3) is 15.8 Å². The summed E-state index contributed by atoms with van der Waals surface area (Å²) in [4.78, 5) is 9.03. The van der Waals surface area contributed by atoms with Crippen molar-refractivity contribution in [2.45, 2.75) is 51.2 Å². The van der Waals surface area contributed by atoms with Gasteiger partial charge < -0.3 is 25.9 Å². The smallest absolute Gasteiger partial charge is 0.184 e. The van der Waals surface area contributed by atoms with Crippen LogP contribution in [0.3, 0.4) is 0 Å². The fourth-order valence-electron chi connectivity index (χ4n) is 3.75. The molecule has 4 rings (SSSR count). The second-order valence-electron chi connectivity index (χ2n) is 7.93. The van der Waals surface area contributed by atoms with Crippen molar-refractivity contribution in [3.8, 4) is 11.5 Å². The number of pyridine rings is 1. The second-order valence-corrected chi connectivity index (χ2v) is 8.96. The lowest BCUT2D eigenvalue weighted by Gasteiger charge is -2.27. The number of hydrogen-bond donors (Lipinski definition) is 4. The van der Waals surface area contributed by atoms with E-state index in [4.69, 9.17) is 10.1 Å². The fraction of sp³-hybridized carbons (Fsp3) is 0.375. The van der Waals surface area contributed by atoms with Crippen LogP contribution >= 0.6 is 11.3 Å². The summed E-state index contributed by atoms with van der Waals surface area (Å²) in [5, 5.41) is 25.3. The largest absolute Gasteiger partial charge is 0.457 e. The molecule has 0 saturated heterocycles. The Kier molecular flexibility index (Phi) is 7.34. The molecule has 0 spiro atoms. The first-order valence-corrected chi connectivity index (χ1v) is 11.9. The number of benzene rings is 1. The van der Waals surface area contributed by atoms with Crippen LogP contribution in [0.15, 0.2) is 42.7 Å². The molecule has 0 aliphatic heterocycles. The van der Waals surface area contributed by atoms with Gasteiger partial charge in [-0.15, -0.1) is 0 Å². The Bertz CT molecular complexity index is 1100. The Labute approximate surface area is 192 Å². The highest BCUT2D eigenvalue weighted by molar-refractivity contribution is 7.22. The SMILES string of the molecule is CCCN/C=C(\C=N)c1cc(Oc2ccc3nc(N[C@@H]4CCCCC4O)sc3c2)ccn1. The van der Waals surface area contributed by atoms with Crippen LogP contribution in [0.2, 0.25) is 0 Å². The third kappa shape index (κ3) is 5.44. The average Bonchev–Trinajstić information content (AvgIpc) is 3.20. The molecular formula is C24H29N5O2S. The van der Waals surface area contributed by atoms with Gasteiger partial charge in [0.2, 0.25) is 0 Å². The Morgan fingerprint density at radius 3 is 2.91 bits per heavy atom. The lowest BCUT2D eigenvalue weighted by atomic mass is 9.93. The van der Waals surface area contributed by atoms with Crippen molar-refractivity contribution in [2.24, 2.45) is 0 Å². The first-order valence-electron chi connectivity index (χ1n) is 11.1. The third-order valence-corrected chi connectivity index (χ3v) is 6.42. The molecule has 1 aromatic carbocycles. The van der Waals surface area contributed by atoms with E-state index in [1.54, 1.807) is 23.6 Å². The first-order chi connectivity index (χ1) is 15.7. The number of anilines is 1. The summed E-state index contributed by atoms with van der Waals surface area (Å²) in [5.41, 5.74) is 2.28. The number of allylic oxidation sites excluding steroid dienone is 1. The number of fused-ring (bicyclic) bond motifs is 1. The van der Waals surface area contributed by atoms with Gasteiger partial charge in [0, 0.05) is 42.9 Å². The fourth-order valence-corrected chi connectivity index (χ4v) is 4.71. The minimum absolute atomic E-state index is 0.0678. The molecule has 2 aromatic heterocycles. The van der Waals surface area contributed by atoms with E-state index < -0.39 is 0 Å². The number of nitrogens with one attached hydrogen (secondary N) is 3. The first kappa shape index (κ1) is 22.2. The number of thiazole rings is 1. The molecule has 1 fully saturated rings. The maximum atomic E-state index is 10.2. The van der Waals surface area contributed by atoms with Crippen LogP contribution in [0, 0.1) is 5.41 Å². The summed E-state index contributed by atoms with van der Waals surface area (Å²) in [5.74, 6) is 1.37. The van der Waals surface area contributed by atoms with Crippen LogP contribution in [0.4, 0.5) is 5.13 Å². The monoisotopic (exact) mass is 451 g/mol. The highest BCUT2D eigenvalue weighted by Gasteiger charge is 2.23.